The molecule has 3 unspecified atom stereocenters. The second-order valence-electron chi connectivity index (χ2n) is 11.4. The second kappa shape index (κ2) is 19.1. The van der Waals surface area contributed by atoms with Gasteiger partial charge in [0, 0.05) is 25.4 Å². The molecule has 0 bridgehead atoms. The lowest BCUT2D eigenvalue weighted by atomic mass is 10.0. The van der Waals surface area contributed by atoms with Crippen LogP contribution < -0.4 is 21.7 Å². The molecular formula is C34H46N6O6. The molecule has 1 aromatic heterocycles. The van der Waals surface area contributed by atoms with Gasteiger partial charge in [-0.2, -0.15) is 0 Å². The topological polar surface area (TPSA) is 189 Å². The van der Waals surface area contributed by atoms with Crippen molar-refractivity contribution in [3.8, 4) is 0 Å². The molecular weight excluding hydrogens is 588 g/mol. The average Bonchev–Trinajstić information content (AvgIpc) is 3.46. The number of amides is 3. The molecule has 3 amide bonds. The highest BCUT2D eigenvalue weighted by molar-refractivity contribution is 5.93. The summed E-state index contributed by atoms with van der Waals surface area (Å²) < 4.78 is 2.13. The van der Waals surface area contributed by atoms with E-state index in [0.29, 0.717) is 19.4 Å². The summed E-state index contributed by atoms with van der Waals surface area (Å²) in [6, 6.07) is 13.0. The van der Waals surface area contributed by atoms with Crippen LogP contribution >= 0.6 is 0 Å². The third-order valence-electron chi connectivity index (χ3n) is 7.74. The van der Waals surface area contributed by atoms with E-state index >= 15 is 0 Å². The number of aliphatic carboxylic acids is 1. The Morgan fingerprint density at radius 3 is 2.13 bits per heavy atom. The summed E-state index contributed by atoms with van der Waals surface area (Å²) in [5, 5.41) is 27.2. The third kappa shape index (κ3) is 12.1. The van der Waals surface area contributed by atoms with Gasteiger partial charge in [-0.05, 0) is 68.7 Å². The number of benzene rings is 2. The summed E-state index contributed by atoms with van der Waals surface area (Å²) in [4.78, 5) is 55.1. The Labute approximate surface area is 269 Å². The van der Waals surface area contributed by atoms with Crippen molar-refractivity contribution >= 4 is 23.7 Å². The van der Waals surface area contributed by atoms with Crippen molar-refractivity contribution < 1.29 is 29.4 Å². The molecule has 0 saturated carbocycles. The second-order valence-corrected chi connectivity index (χ2v) is 11.4. The monoisotopic (exact) mass is 634 g/mol. The van der Waals surface area contributed by atoms with Crippen LogP contribution in [-0.2, 0) is 45.0 Å². The van der Waals surface area contributed by atoms with E-state index in [2.05, 4.69) is 25.5 Å². The smallest absolute Gasteiger partial charge is 0.326 e. The lowest BCUT2D eigenvalue weighted by molar-refractivity contribution is -0.142. The molecule has 0 aliphatic carbocycles. The van der Waals surface area contributed by atoms with E-state index in [9.17, 15) is 29.4 Å². The highest BCUT2D eigenvalue weighted by Gasteiger charge is 2.29. The molecule has 248 valence electrons. The molecule has 1 heterocycles. The Hall–Kier alpha value is -4.55. The highest BCUT2D eigenvalue weighted by Crippen LogP contribution is 2.11. The molecule has 12 heteroatoms. The minimum Gasteiger partial charge on any atom is -0.480 e. The van der Waals surface area contributed by atoms with Crippen LogP contribution in [0.4, 0.5) is 0 Å². The Morgan fingerprint density at radius 2 is 1.50 bits per heavy atom. The number of nitrogens with one attached hydrogen (secondary N) is 3. The number of rotatable bonds is 20. The van der Waals surface area contributed by atoms with Crippen molar-refractivity contribution in [1.82, 2.24) is 25.5 Å². The fourth-order valence-electron chi connectivity index (χ4n) is 5.06. The number of carbonyl (C=O) groups is 4. The number of aliphatic hydroxyl groups excluding tert-OH is 1. The molecule has 0 spiro atoms. The van der Waals surface area contributed by atoms with Gasteiger partial charge in [0.05, 0.1) is 13.0 Å². The number of aromatic nitrogens is 2. The van der Waals surface area contributed by atoms with Crippen molar-refractivity contribution in [2.45, 2.75) is 83.0 Å². The Morgan fingerprint density at radius 1 is 0.826 bits per heavy atom. The van der Waals surface area contributed by atoms with Gasteiger partial charge in [0.1, 0.15) is 23.9 Å². The van der Waals surface area contributed by atoms with Gasteiger partial charge in [-0.1, -0.05) is 54.6 Å². The van der Waals surface area contributed by atoms with Gasteiger partial charge in [-0.25, -0.2) is 9.78 Å². The third-order valence-corrected chi connectivity index (χ3v) is 7.74. The molecule has 3 atom stereocenters. The van der Waals surface area contributed by atoms with Crippen LogP contribution in [0.1, 0.15) is 54.6 Å². The normalized spacial score (nSPS) is 12.9. The predicted octanol–water partition coefficient (Wildman–Crippen LogP) is 1.66. The molecule has 0 fully saturated rings. The van der Waals surface area contributed by atoms with Crippen molar-refractivity contribution in [1.29, 1.82) is 0 Å². The number of carboxylic acids is 1. The van der Waals surface area contributed by atoms with Crippen LogP contribution in [0.15, 0.2) is 67.0 Å². The van der Waals surface area contributed by atoms with Gasteiger partial charge in [0.15, 0.2) is 0 Å². The maximum Gasteiger partial charge on any atom is 0.326 e. The lowest BCUT2D eigenvalue weighted by Crippen LogP contribution is -2.57. The molecule has 46 heavy (non-hydrogen) atoms. The van der Waals surface area contributed by atoms with Crippen molar-refractivity contribution in [2.75, 3.05) is 13.2 Å². The zero-order valence-electron chi connectivity index (χ0n) is 26.4. The molecule has 7 N–H and O–H groups in total. The summed E-state index contributed by atoms with van der Waals surface area (Å²) in [5.41, 5.74) is 8.24. The molecule has 12 nitrogen and oxygen atoms in total. The molecule has 0 saturated heterocycles. The predicted molar refractivity (Wildman–Crippen MR) is 174 cm³/mol. The van der Waals surface area contributed by atoms with Crippen LogP contribution in [0.2, 0.25) is 0 Å². The summed E-state index contributed by atoms with van der Waals surface area (Å²) in [6.07, 6.45) is 8.08. The number of carboxylic acid groups (broad SMARTS) is 1. The molecule has 0 aliphatic heterocycles. The van der Waals surface area contributed by atoms with Crippen molar-refractivity contribution in [3.63, 3.8) is 0 Å². The standard InChI is InChI=1S/C34H46N6O6/c1-24-36-18-20-40(24)19-8-6-9-25-13-15-27(16-14-25)22-31(42)37-30(23-41)33(44)38-28(12-5-7-17-35)32(43)39-29(34(45)46)21-26-10-3-2-4-11-26/h2-4,10-11,13-16,18,20,28-30,41H,5-9,12,17,19,21-23,35H2,1H3,(H,37,42)(H,38,44)(H,39,43)(H,45,46). The number of nitrogens with zero attached hydrogens (tertiary/aromatic N) is 2. The van der Waals surface area contributed by atoms with Crippen molar-refractivity contribution in [2.24, 2.45) is 5.73 Å². The van der Waals surface area contributed by atoms with Crippen LogP contribution in [0, 0.1) is 6.92 Å². The fourth-order valence-corrected chi connectivity index (χ4v) is 5.06. The van der Waals surface area contributed by atoms with Crippen LogP contribution in [-0.4, -0.2) is 74.7 Å². The van der Waals surface area contributed by atoms with Crippen LogP contribution in [0.5, 0.6) is 0 Å². The van der Waals surface area contributed by atoms with E-state index < -0.39 is 48.4 Å². The first-order valence-electron chi connectivity index (χ1n) is 15.7. The Kier molecular flexibility index (Phi) is 14.9. The fraction of sp³-hybridized carbons (Fsp3) is 0.441. The number of imidazole rings is 1. The van der Waals surface area contributed by atoms with E-state index in [-0.39, 0.29) is 19.3 Å². The SMILES string of the molecule is Cc1nccn1CCCCc1ccc(CC(=O)NC(CO)C(=O)NC(CCCCN)C(=O)NC(Cc2ccccc2)C(=O)O)cc1. The molecule has 0 radical (unpaired) electrons. The lowest BCUT2D eigenvalue weighted by Gasteiger charge is -2.24. The van der Waals surface area contributed by atoms with E-state index in [1.807, 2.05) is 37.4 Å². The number of aliphatic hydroxyl groups is 1. The summed E-state index contributed by atoms with van der Waals surface area (Å²) >= 11 is 0. The van der Waals surface area contributed by atoms with Gasteiger partial charge >= 0.3 is 5.97 Å². The average molecular weight is 635 g/mol. The van der Waals surface area contributed by atoms with E-state index in [0.717, 1.165) is 48.3 Å². The Balaban J connectivity index is 1.52. The summed E-state index contributed by atoms with van der Waals surface area (Å²) in [7, 11) is 0. The first kappa shape index (κ1) is 35.9. The van der Waals surface area contributed by atoms with E-state index in [1.54, 1.807) is 36.5 Å². The van der Waals surface area contributed by atoms with Gasteiger partial charge in [0.25, 0.3) is 0 Å². The largest absolute Gasteiger partial charge is 0.480 e. The first-order chi connectivity index (χ1) is 22.2. The highest BCUT2D eigenvalue weighted by atomic mass is 16.4. The van der Waals surface area contributed by atoms with Gasteiger partial charge in [-0.15, -0.1) is 0 Å². The van der Waals surface area contributed by atoms with Gasteiger partial charge in [0.2, 0.25) is 17.7 Å². The molecule has 0 aliphatic rings. The van der Waals surface area contributed by atoms with Gasteiger partial charge < -0.3 is 36.5 Å². The molecule has 3 aromatic rings. The van der Waals surface area contributed by atoms with Gasteiger partial charge in [-0.3, -0.25) is 14.4 Å². The van der Waals surface area contributed by atoms with E-state index in [1.165, 1.54) is 0 Å². The summed E-state index contributed by atoms with van der Waals surface area (Å²) in [6.45, 7) is 2.60. The maximum atomic E-state index is 13.2. The number of nitrogens with two attached hydrogens (primary N) is 1. The number of hydrogen-bond donors (Lipinski definition) is 6. The number of carbonyl (C=O) groups excluding carboxylic acids is 3. The van der Waals surface area contributed by atoms with Crippen LogP contribution in [0.25, 0.3) is 0 Å². The zero-order valence-corrected chi connectivity index (χ0v) is 26.4. The van der Waals surface area contributed by atoms with E-state index in [4.69, 9.17) is 5.73 Å². The van der Waals surface area contributed by atoms with Crippen molar-refractivity contribution in [3.05, 3.63) is 89.5 Å². The maximum absolute atomic E-state index is 13.2. The number of unbranched alkanes of at least 4 members (excludes halogenated alkanes) is 2. The Bertz CT molecular complexity index is 1390. The quantitative estimate of drug-likeness (QED) is 0.101. The minimum absolute atomic E-state index is 0.00413. The summed E-state index contributed by atoms with van der Waals surface area (Å²) in [5.74, 6) is -2.10. The molecule has 2 aromatic carbocycles. The number of aryl methyl sites for hydroxylation is 3. The minimum atomic E-state index is -1.30. The number of hydrogen-bond acceptors (Lipinski definition) is 7. The first-order valence-corrected chi connectivity index (χ1v) is 15.7. The zero-order chi connectivity index (χ0) is 33.3. The van der Waals surface area contributed by atoms with Crippen LogP contribution in [0.3, 0.4) is 0 Å². The molecule has 3 rings (SSSR count).